The van der Waals surface area contributed by atoms with E-state index in [9.17, 15) is 4.79 Å². The number of amides is 1. The normalized spacial score (nSPS) is 17.0. The third-order valence-corrected chi connectivity index (χ3v) is 4.97. The molecule has 0 saturated heterocycles. The Morgan fingerprint density at radius 1 is 1.12 bits per heavy atom. The number of para-hydroxylation sites is 1. The first-order valence-electron chi connectivity index (χ1n) is 8.73. The minimum atomic E-state index is -0.418. The molecular formula is C20H22N2O2. The number of fused-ring (bicyclic) bond motifs is 1. The fraction of sp³-hybridized carbons (Fsp3) is 0.350. The lowest BCUT2D eigenvalue weighted by molar-refractivity contribution is -0.122. The van der Waals surface area contributed by atoms with E-state index in [2.05, 4.69) is 10.3 Å². The third kappa shape index (κ3) is 2.84. The number of nitrogens with one attached hydrogen (secondary N) is 2. The van der Waals surface area contributed by atoms with Gasteiger partial charge in [0, 0.05) is 23.1 Å². The van der Waals surface area contributed by atoms with Gasteiger partial charge in [-0.15, -0.1) is 0 Å². The number of aromatic nitrogens is 1. The molecule has 0 radical (unpaired) electrons. The van der Waals surface area contributed by atoms with Crippen molar-refractivity contribution in [2.75, 3.05) is 0 Å². The molecule has 124 valence electrons. The Balaban J connectivity index is 1.68. The molecule has 2 N–H and O–H groups in total. The van der Waals surface area contributed by atoms with Crippen molar-refractivity contribution >= 4 is 16.8 Å². The van der Waals surface area contributed by atoms with Gasteiger partial charge in [-0.2, -0.15) is 0 Å². The molecule has 4 rings (SSSR count). The highest BCUT2D eigenvalue weighted by Crippen LogP contribution is 2.32. The largest absolute Gasteiger partial charge is 0.468 e. The van der Waals surface area contributed by atoms with E-state index in [0.29, 0.717) is 5.76 Å². The van der Waals surface area contributed by atoms with Gasteiger partial charge < -0.3 is 14.7 Å². The maximum absolute atomic E-state index is 13.1. The summed E-state index contributed by atoms with van der Waals surface area (Å²) < 4.78 is 5.60. The summed E-state index contributed by atoms with van der Waals surface area (Å²) in [5.41, 5.74) is 2.00. The molecule has 1 atom stereocenters. The topological polar surface area (TPSA) is 58.0 Å². The van der Waals surface area contributed by atoms with E-state index in [1.54, 1.807) is 6.26 Å². The monoisotopic (exact) mass is 322 g/mol. The lowest BCUT2D eigenvalue weighted by atomic mass is 9.92. The van der Waals surface area contributed by atoms with E-state index in [0.717, 1.165) is 29.3 Å². The number of H-pyrrole nitrogens is 1. The number of carbonyl (C=O) groups excluding carboxylic acids is 1. The van der Waals surface area contributed by atoms with E-state index in [4.69, 9.17) is 4.42 Å². The summed E-state index contributed by atoms with van der Waals surface area (Å²) in [6.07, 6.45) is 9.38. The minimum Gasteiger partial charge on any atom is -0.468 e. The Labute approximate surface area is 141 Å². The van der Waals surface area contributed by atoms with Crippen LogP contribution in [0.4, 0.5) is 0 Å². The average molecular weight is 322 g/mol. The van der Waals surface area contributed by atoms with Crippen LogP contribution in [-0.2, 0) is 4.79 Å². The van der Waals surface area contributed by atoms with Crippen molar-refractivity contribution in [3.63, 3.8) is 0 Å². The number of hydrogen-bond donors (Lipinski definition) is 2. The molecule has 4 heteroatoms. The number of rotatable bonds is 4. The Morgan fingerprint density at radius 3 is 2.75 bits per heavy atom. The molecule has 1 amide bonds. The van der Waals surface area contributed by atoms with Gasteiger partial charge >= 0.3 is 0 Å². The quantitative estimate of drug-likeness (QED) is 0.750. The maximum Gasteiger partial charge on any atom is 0.235 e. The Bertz CT molecular complexity index is 813. The molecular weight excluding hydrogens is 300 g/mol. The van der Waals surface area contributed by atoms with Crippen LogP contribution in [0.3, 0.4) is 0 Å². The van der Waals surface area contributed by atoms with Crippen LogP contribution in [0.25, 0.3) is 10.9 Å². The number of hydrogen-bond acceptors (Lipinski definition) is 2. The van der Waals surface area contributed by atoms with Gasteiger partial charge in [0.2, 0.25) is 5.91 Å². The predicted molar refractivity (Wildman–Crippen MR) is 93.9 cm³/mol. The summed E-state index contributed by atoms with van der Waals surface area (Å²) in [6, 6.07) is 12.1. The van der Waals surface area contributed by atoms with Crippen LogP contribution in [0.5, 0.6) is 0 Å². The van der Waals surface area contributed by atoms with Crippen molar-refractivity contribution in [3.05, 3.63) is 60.2 Å². The van der Waals surface area contributed by atoms with Crippen molar-refractivity contribution in [2.45, 2.75) is 44.1 Å². The fourth-order valence-corrected chi connectivity index (χ4v) is 3.74. The summed E-state index contributed by atoms with van der Waals surface area (Å²) in [5.74, 6) is 0.299. The lowest BCUT2D eigenvalue weighted by Crippen LogP contribution is -2.39. The van der Waals surface area contributed by atoms with Crippen LogP contribution in [0.1, 0.15) is 49.3 Å². The number of aromatic amines is 1. The van der Waals surface area contributed by atoms with E-state index >= 15 is 0 Å². The zero-order chi connectivity index (χ0) is 16.4. The molecule has 0 bridgehead atoms. The summed E-state index contributed by atoms with van der Waals surface area (Å²) in [4.78, 5) is 16.3. The van der Waals surface area contributed by atoms with Crippen molar-refractivity contribution in [1.29, 1.82) is 0 Å². The lowest BCUT2D eigenvalue weighted by Gasteiger charge is -2.25. The van der Waals surface area contributed by atoms with Gasteiger partial charge in [-0.05, 0) is 36.6 Å². The molecule has 0 spiro atoms. The molecule has 1 aliphatic carbocycles. The molecule has 4 nitrogen and oxygen atoms in total. The van der Waals surface area contributed by atoms with Crippen LogP contribution >= 0.6 is 0 Å². The second-order valence-electron chi connectivity index (χ2n) is 6.58. The van der Waals surface area contributed by atoms with Crippen molar-refractivity contribution in [3.8, 4) is 0 Å². The highest BCUT2D eigenvalue weighted by Gasteiger charge is 2.29. The van der Waals surface area contributed by atoms with Crippen molar-refractivity contribution in [1.82, 2.24) is 10.3 Å². The summed E-state index contributed by atoms with van der Waals surface area (Å²) in [7, 11) is 0. The molecule has 2 heterocycles. The maximum atomic E-state index is 13.1. The SMILES string of the molecule is O=C(NC1CCCCC1)C(c1ccco1)c1c[nH]c2ccccc12. The second kappa shape index (κ2) is 6.56. The highest BCUT2D eigenvalue weighted by molar-refractivity contribution is 5.94. The smallest absolute Gasteiger partial charge is 0.235 e. The summed E-state index contributed by atoms with van der Waals surface area (Å²) in [6.45, 7) is 0. The Kier molecular flexibility index (Phi) is 4.11. The van der Waals surface area contributed by atoms with Gasteiger partial charge in [0.05, 0.1) is 6.26 Å². The summed E-state index contributed by atoms with van der Waals surface area (Å²) >= 11 is 0. The molecule has 1 aromatic carbocycles. The van der Waals surface area contributed by atoms with Gasteiger partial charge in [-0.25, -0.2) is 0 Å². The molecule has 24 heavy (non-hydrogen) atoms. The molecule has 2 aromatic heterocycles. The van der Waals surface area contributed by atoms with Crippen molar-refractivity contribution < 1.29 is 9.21 Å². The highest BCUT2D eigenvalue weighted by atomic mass is 16.3. The molecule has 0 aliphatic heterocycles. The average Bonchev–Trinajstić information content (AvgIpc) is 3.27. The standard InChI is InChI=1S/C20H22N2O2/c23-20(22-14-7-2-1-3-8-14)19(18-11-6-12-24-18)16-13-21-17-10-5-4-9-15(16)17/h4-6,9-14,19,21H,1-3,7-8H2,(H,22,23). The van der Waals surface area contributed by atoms with E-state index in [1.807, 2.05) is 42.6 Å². The fourth-order valence-electron chi connectivity index (χ4n) is 3.74. The van der Waals surface area contributed by atoms with Crippen LogP contribution in [0.2, 0.25) is 0 Å². The molecule has 3 aromatic rings. The van der Waals surface area contributed by atoms with E-state index < -0.39 is 5.92 Å². The third-order valence-electron chi connectivity index (χ3n) is 4.97. The number of carbonyl (C=O) groups is 1. The zero-order valence-electron chi connectivity index (χ0n) is 13.6. The predicted octanol–water partition coefficient (Wildman–Crippen LogP) is 4.34. The second-order valence-corrected chi connectivity index (χ2v) is 6.58. The first-order valence-corrected chi connectivity index (χ1v) is 8.73. The van der Waals surface area contributed by atoms with Gasteiger partial charge in [0.25, 0.3) is 0 Å². The van der Waals surface area contributed by atoms with Gasteiger partial charge in [0.1, 0.15) is 11.7 Å². The van der Waals surface area contributed by atoms with Crippen LogP contribution in [0, 0.1) is 0 Å². The zero-order valence-corrected chi connectivity index (χ0v) is 13.6. The minimum absolute atomic E-state index is 0.0293. The first-order chi connectivity index (χ1) is 11.8. The van der Waals surface area contributed by atoms with Gasteiger partial charge in [-0.1, -0.05) is 37.5 Å². The Hall–Kier alpha value is -2.49. The van der Waals surface area contributed by atoms with E-state index in [-0.39, 0.29) is 11.9 Å². The van der Waals surface area contributed by atoms with Gasteiger partial charge in [-0.3, -0.25) is 4.79 Å². The number of furan rings is 1. The van der Waals surface area contributed by atoms with Gasteiger partial charge in [0.15, 0.2) is 0 Å². The Morgan fingerprint density at radius 2 is 1.96 bits per heavy atom. The first kappa shape index (κ1) is 15.1. The molecule has 1 fully saturated rings. The molecule has 1 unspecified atom stereocenters. The van der Waals surface area contributed by atoms with Crippen LogP contribution in [-0.4, -0.2) is 16.9 Å². The molecule has 1 aliphatic rings. The summed E-state index contributed by atoms with van der Waals surface area (Å²) in [5, 5.41) is 4.31. The molecule has 1 saturated carbocycles. The van der Waals surface area contributed by atoms with Crippen LogP contribution in [0.15, 0.2) is 53.3 Å². The van der Waals surface area contributed by atoms with Crippen molar-refractivity contribution in [2.24, 2.45) is 0 Å². The van der Waals surface area contributed by atoms with E-state index in [1.165, 1.54) is 19.3 Å². The number of benzene rings is 1. The van der Waals surface area contributed by atoms with Crippen LogP contribution < -0.4 is 5.32 Å².